The van der Waals surface area contributed by atoms with Crippen molar-refractivity contribution in [2.45, 2.75) is 39.8 Å². The van der Waals surface area contributed by atoms with Crippen LogP contribution in [0.5, 0.6) is 0 Å². The molecule has 0 spiro atoms. The summed E-state index contributed by atoms with van der Waals surface area (Å²) in [4.78, 5) is 19.1. The molecule has 0 unspecified atom stereocenters. The molecule has 0 radical (unpaired) electrons. The maximum absolute atomic E-state index is 12.7. The van der Waals surface area contributed by atoms with Gasteiger partial charge >= 0.3 is 0 Å². The molecule has 0 fully saturated rings. The Balaban J connectivity index is 1.45. The molecular weight excluding hydrogens is 310 g/mol. The number of hydrogen-bond donors (Lipinski definition) is 0. The van der Waals surface area contributed by atoms with Crippen LogP contribution in [0, 0.1) is 13.8 Å². The van der Waals surface area contributed by atoms with Crippen molar-refractivity contribution in [3.63, 3.8) is 0 Å². The van der Waals surface area contributed by atoms with E-state index in [2.05, 4.69) is 59.8 Å². The maximum atomic E-state index is 12.7. The summed E-state index contributed by atoms with van der Waals surface area (Å²) in [6.45, 7) is 6.45. The second-order valence-corrected chi connectivity index (χ2v) is 6.95. The monoisotopic (exact) mass is 333 g/mol. The van der Waals surface area contributed by atoms with Gasteiger partial charge in [0.15, 0.2) is 0 Å². The SMILES string of the molecule is Cc1cc2ncn(CCC(=O)N3CCc4ccccc4C3)c2cc1C. The lowest BCUT2D eigenvalue weighted by Crippen LogP contribution is -2.36. The summed E-state index contributed by atoms with van der Waals surface area (Å²) in [5.41, 5.74) is 7.27. The first-order chi connectivity index (χ1) is 12.1. The van der Waals surface area contributed by atoms with Crippen LogP contribution in [0.2, 0.25) is 0 Å². The van der Waals surface area contributed by atoms with Crippen LogP contribution in [0.25, 0.3) is 11.0 Å². The fraction of sp³-hybridized carbons (Fsp3) is 0.333. The Labute approximate surface area is 148 Å². The van der Waals surface area contributed by atoms with Crippen LogP contribution in [0.4, 0.5) is 0 Å². The van der Waals surface area contributed by atoms with Gasteiger partial charge in [-0.2, -0.15) is 0 Å². The molecule has 0 saturated heterocycles. The van der Waals surface area contributed by atoms with Crippen LogP contribution in [0.1, 0.15) is 28.7 Å². The number of aryl methyl sites for hydroxylation is 3. The van der Waals surface area contributed by atoms with Crippen molar-refractivity contribution in [1.29, 1.82) is 0 Å². The lowest BCUT2D eigenvalue weighted by atomic mass is 10.00. The van der Waals surface area contributed by atoms with Crippen molar-refractivity contribution in [3.05, 3.63) is 65.0 Å². The minimum atomic E-state index is 0.222. The van der Waals surface area contributed by atoms with E-state index in [0.29, 0.717) is 13.0 Å². The van der Waals surface area contributed by atoms with Gasteiger partial charge in [-0.05, 0) is 54.7 Å². The van der Waals surface area contributed by atoms with Gasteiger partial charge in [-0.25, -0.2) is 4.98 Å². The second kappa shape index (κ2) is 6.36. The van der Waals surface area contributed by atoms with Gasteiger partial charge in [0.05, 0.1) is 17.4 Å². The third kappa shape index (κ3) is 3.04. The van der Waals surface area contributed by atoms with Crippen molar-refractivity contribution in [1.82, 2.24) is 14.5 Å². The second-order valence-electron chi connectivity index (χ2n) is 6.95. The molecule has 2 aromatic carbocycles. The summed E-state index contributed by atoms with van der Waals surface area (Å²) in [6.07, 6.45) is 3.32. The number of rotatable bonds is 3. The fourth-order valence-corrected chi connectivity index (χ4v) is 3.57. The summed E-state index contributed by atoms with van der Waals surface area (Å²) in [7, 11) is 0. The van der Waals surface area contributed by atoms with Crippen LogP contribution < -0.4 is 0 Å². The molecule has 1 aliphatic rings. The van der Waals surface area contributed by atoms with Crippen molar-refractivity contribution in [2.75, 3.05) is 6.54 Å². The molecule has 0 atom stereocenters. The normalized spacial score (nSPS) is 13.9. The highest BCUT2D eigenvalue weighted by Crippen LogP contribution is 2.21. The van der Waals surface area contributed by atoms with Gasteiger partial charge in [-0.1, -0.05) is 24.3 Å². The topological polar surface area (TPSA) is 38.1 Å². The summed E-state index contributed by atoms with van der Waals surface area (Å²) >= 11 is 0. The van der Waals surface area contributed by atoms with Crippen molar-refractivity contribution in [3.8, 4) is 0 Å². The number of carbonyl (C=O) groups excluding carboxylic acids is 1. The number of imidazole rings is 1. The standard InChI is InChI=1S/C21H23N3O/c1-15-11-19-20(12-16(15)2)24(14-22-19)10-8-21(25)23-9-7-17-5-3-4-6-18(17)13-23/h3-6,11-12,14H,7-10,13H2,1-2H3. The molecule has 4 nitrogen and oxygen atoms in total. The zero-order chi connectivity index (χ0) is 17.4. The van der Waals surface area contributed by atoms with Crippen molar-refractivity contribution >= 4 is 16.9 Å². The Morgan fingerprint density at radius 2 is 1.88 bits per heavy atom. The van der Waals surface area contributed by atoms with E-state index in [4.69, 9.17) is 0 Å². The van der Waals surface area contributed by atoms with Crippen LogP contribution >= 0.6 is 0 Å². The van der Waals surface area contributed by atoms with Crippen LogP contribution in [0.15, 0.2) is 42.7 Å². The Kier molecular flexibility index (Phi) is 4.04. The highest BCUT2D eigenvalue weighted by Gasteiger charge is 2.20. The van der Waals surface area contributed by atoms with E-state index in [9.17, 15) is 4.79 Å². The molecule has 128 valence electrons. The van der Waals surface area contributed by atoms with Gasteiger partial charge < -0.3 is 9.47 Å². The summed E-state index contributed by atoms with van der Waals surface area (Å²) in [5.74, 6) is 0.222. The number of benzene rings is 2. The summed E-state index contributed by atoms with van der Waals surface area (Å²) in [5, 5.41) is 0. The minimum Gasteiger partial charge on any atom is -0.338 e. The lowest BCUT2D eigenvalue weighted by molar-refractivity contribution is -0.132. The molecule has 25 heavy (non-hydrogen) atoms. The molecule has 0 aliphatic carbocycles. The zero-order valence-corrected chi connectivity index (χ0v) is 14.8. The molecule has 4 rings (SSSR count). The molecule has 0 N–H and O–H groups in total. The average Bonchev–Trinajstić information content (AvgIpc) is 3.01. The maximum Gasteiger partial charge on any atom is 0.224 e. The van der Waals surface area contributed by atoms with Gasteiger partial charge in [0.2, 0.25) is 5.91 Å². The predicted octanol–water partition coefficient (Wildman–Crippen LogP) is 3.63. The molecule has 3 aromatic rings. The number of fused-ring (bicyclic) bond motifs is 2. The van der Waals surface area contributed by atoms with E-state index in [1.807, 2.05) is 11.2 Å². The van der Waals surface area contributed by atoms with Gasteiger partial charge in [-0.3, -0.25) is 4.79 Å². The molecule has 1 aliphatic heterocycles. The van der Waals surface area contributed by atoms with Gasteiger partial charge in [0.25, 0.3) is 0 Å². The predicted molar refractivity (Wildman–Crippen MR) is 99.4 cm³/mol. The summed E-state index contributed by atoms with van der Waals surface area (Å²) < 4.78 is 2.09. The van der Waals surface area contributed by atoms with E-state index in [-0.39, 0.29) is 5.91 Å². The smallest absolute Gasteiger partial charge is 0.224 e. The number of amides is 1. The van der Waals surface area contributed by atoms with E-state index in [1.54, 1.807) is 0 Å². The molecule has 0 saturated carbocycles. The molecule has 4 heteroatoms. The first kappa shape index (κ1) is 15.9. The van der Waals surface area contributed by atoms with E-state index in [1.165, 1.54) is 22.3 Å². The van der Waals surface area contributed by atoms with E-state index < -0.39 is 0 Å². The largest absolute Gasteiger partial charge is 0.338 e. The number of nitrogens with zero attached hydrogens (tertiary/aromatic N) is 3. The molecule has 1 aromatic heterocycles. The Morgan fingerprint density at radius 1 is 1.12 bits per heavy atom. The first-order valence-corrected chi connectivity index (χ1v) is 8.88. The fourth-order valence-electron chi connectivity index (χ4n) is 3.57. The lowest BCUT2D eigenvalue weighted by Gasteiger charge is -2.29. The van der Waals surface area contributed by atoms with Gasteiger partial charge in [-0.15, -0.1) is 0 Å². The van der Waals surface area contributed by atoms with Crippen molar-refractivity contribution in [2.24, 2.45) is 0 Å². The van der Waals surface area contributed by atoms with Crippen LogP contribution in [0.3, 0.4) is 0 Å². The number of hydrogen-bond acceptors (Lipinski definition) is 2. The molecular formula is C21H23N3O. The van der Waals surface area contributed by atoms with E-state index >= 15 is 0 Å². The third-order valence-electron chi connectivity index (χ3n) is 5.29. The van der Waals surface area contributed by atoms with Crippen LogP contribution in [-0.4, -0.2) is 26.9 Å². The Morgan fingerprint density at radius 3 is 2.72 bits per heavy atom. The van der Waals surface area contributed by atoms with Crippen LogP contribution in [-0.2, 0) is 24.3 Å². The van der Waals surface area contributed by atoms with Crippen molar-refractivity contribution < 1.29 is 4.79 Å². The molecule has 2 heterocycles. The summed E-state index contributed by atoms with van der Waals surface area (Å²) in [6, 6.07) is 12.7. The third-order valence-corrected chi connectivity index (χ3v) is 5.29. The number of aromatic nitrogens is 2. The molecule has 1 amide bonds. The zero-order valence-electron chi connectivity index (χ0n) is 14.8. The number of carbonyl (C=O) groups is 1. The Bertz CT molecular complexity index is 941. The highest BCUT2D eigenvalue weighted by atomic mass is 16.2. The first-order valence-electron chi connectivity index (χ1n) is 8.88. The Hall–Kier alpha value is -2.62. The highest BCUT2D eigenvalue weighted by molar-refractivity contribution is 5.79. The minimum absolute atomic E-state index is 0.222. The average molecular weight is 333 g/mol. The van der Waals surface area contributed by atoms with E-state index in [0.717, 1.165) is 30.5 Å². The quantitative estimate of drug-likeness (QED) is 0.734. The molecule has 0 bridgehead atoms. The van der Waals surface area contributed by atoms with Gasteiger partial charge in [0, 0.05) is 26.1 Å². The van der Waals surface area contributed by atoms with Gasteiger partial charge in [0.1, 0.15) is 0 Å².